The predicted molar refractivity (Wildman–Crippen MR) is 114 cm³/mol. The van der Waals surface area contributed by atoms with Gasteiger partial charge in [-0.25, -0.2) is 4.39 Å². The third-order valence-electron chi connectivity index (χ3n) is 5.51. The van der Waals surface area contributed by atoms with Crippen LogP contribution in [0.3, 0.4) is 0 Å². The summed E-state index contributed by atoms with van der Waals surface area (Å²) in [6.07, 6.45) is 0.0214. The van der Waals surface area contributed by atoms with Gasteiger partial charge in [0.15, 0.2) is 17.2 Å². The first-order valence-electron chi connectivity index (χ1n) is 9.82. The summed E-state index contributed by atoms with van der Waals surface area (Å²) in [5, 5.41) is 21.7. The van der Waals surface area contributed by atoms with E-state index in [1.165, 1.54) is 48.0 Å². The molecule has 0 saturated carbocycles. The van der Waals surface area contributed by atoms with E-state index < -0.39 is 17.5 Å². The number of aliphatic hydroxyl groups is 1. The third kappa shape index (κ3) is 3.54. The number of carbonyl (C=O) groups excluding carboxylic acids is 1. The van der Waals surface area contributed by atoms with E-state index in [2.05, 4.69) is 6.07 Å². The van der Waals surface area contributed by atoms with E-state index in [-0.39, 0.29) is 18.1 Å². The van der Waals surface area contributed by atoms with Crippen LogP contribution in [0, 0.1) is 17.1 Å². The molecule has 0 bridgehead atoms. The second-order valence-electron chi connectivity index (χ2n) is 7.27. The summed E-state index contributed by atoms with van der Waals surface area (Å²) in [5.74, 6) is 0.0774. The Bertz CT molecular complexity index is 1100. The lowest BCUT2D eigenvalue weighted by Crippen LogP contribution is -2.48. The predicted octanol–water partition coefficient (Wildman–Crippen LogP) is 3.88. The quantitative estimate of drug-likeness (QED) is 0.760. The van der Waals surface area contributed by atoms with Crippen LogP contribution in [0.1, 0.15) is 30.4 Å². The second kappa shape index (κ2) is 8.25. The Balaban J connectivity index is 1.76. The van der Waals surface area contributed by atoms with Crippen LogP contribution in [-0.4, -0.2) is 35.4 Å². The van der Waals surface area contributed by atoms with E-state index in [9.17, 15) is 19.6 Å². The highest BCUT2D eigenvalue weighted by Crippen LogP contribution is 2.52. The fourth-order valence-electron chi connectivity index (χ4n) is 4.02. The van der Waals surface area contributed by atoms with Crippen molar-refractivity contribution in [2.75, 3.05) is 19.5 Å². The van der Waals surface area contributed by atoms with Crippen molar-refractivity contribution in [3.8, 4) is 17.6 Å². The molecule has 4 rings (SSSR count). The van der Waals surface area contributed by atoms with Crippen LogP contribution in [0.2, 0.25) is 0 Å². The molecule has 2 aliphatic heterocycles. The van der Waals surface area contributed by atoms with Gasteiger partial charge in [-0.15, -0.1) is 11.8 Å². The first-order valence-corrected chi connectivity index (χ1v) is 10.8. The molecule has 0 aromatic heterocycles. The van der Waals surface area contributed by atoms with E-state index >= 15 is 0 Å². The fourth-order valence-corrected chi connectivity index (χ4v) is 5.38. The Morgan fingerprint density at radius 1 is 1.29 bits per heavy atom. The molecule has 1 N–H and O–H groups in total. The van der Waals surface area contributed by atoms with Crippen molar-refractivity contribution >= 4 is 17.7 Å². The molecule has 6 nitrogen and oxygen atoms in total. The van der Waals surface area contributed by atoms with Crippen molar-refractivity contribution < 1.29 is 23.8 Å². The van der Waals surface area contributed by atoms with Crippen LogP contribution in [-0.2, 0) is 10.5 Å². The average Bonchev–Trinajstić information content (AvgIpc) is 3.13. The van der Waals surface area contributed by atoms with Gasteiger partial charge in [0.05, 0.1) is 36.1 Å². The van der Waals surface area contributed by atoms with Crippen molar-refractivity contribution in [2.45, 2.75) is 25.0 Å². The summed E-state index contributed by atoms with van der Waals surface area (Å²) < 4.78 is 24.3. The lowest BCUT2D eigenvalue weighted by Gasteiger charge is -2.38. The van der Waals surface area contributed by atoms with Crippen molar-refractivity contribution in [1.82, 2.24) is 4.90 Å². The molecule has 8 heteroatoms. The number of nitriles is 1. The van der Waals surface area contributed by atoms with Gasteiger partial charge < -0.3 is 14.6 Å². The molecule has 160 valence electrons. The van der Waals surface area contributed by atoms with Gasteiger partial charge in [-0.1, -0.05) is 18.2 Å². The summed E-state index contributed by atoms with van der Waals surface area (Å²) in [6, 6.07) is 13.0. The summed E-state index contributed by atoms with van der Waals surface area (Å²) in [4.78, 5) is 14.5. The monoisotopic (exact) mass is 440 g/mol. The Hall–Kier alpha value is -3.02. The normalized spacial score (nSPS) is 22.9. The number of methoxy groups -OCH3 is 1. The highest BCUT2D eigenvalue weighted by Gasteiger charge is 2.51. The summed E-state index contributed by atoms with van der Waals surface area (Å²) >= 11 is 1.25. The number of ether oxygens (including phenoxy) is 2. The fraction of sp³-hybridized carbons (Fsp3) is 0.304. The molecule has 1 fully saturated rings. The molecular formula is C23H21FN2O4S. The van der Waals surface area contributed by atoms with Crippen molar-refractivity contribution in [2.24, 2.45) is 0 Å². The van der Waals surface area contributed by atoms with Crippen molar-refractivity contribution in [3.63, 3.8) is 0 Å². The van der Waals surface area contributed by atoms with Gasteiger partial charge in [0.25, 0.3) is 0 Å². The number of halogens is 1. The number of fused-ring (bicyclic) bond motifs is 1. The molecule has 2 atom stereocenters. The van der Waals surface area contributed by atoms with Gasteiger partial charge in [0.2, 0.25) is 5.91 Å². The first-order chi connectivity index (χ1) is 14.9. The SMILES string of the molecule is CCOc1ccc([C@H]2CC(=O)N3C(=C2C#N)SC[C@]3(O)c2ccc(F)cc2)cc1OC. The molecule has 2 aromatic carbocycles. The lowest BCUT2D eigenvalue weighted by atomic mass is 9.85. The van der Waals surface area contributed by atoms with E-state index in [1.807, 2.05) is 13.0 Å². The molecule has 1 amide bonds. The van der Waals surface area contributed by atoms with Crippen LogP contribution < -0.4 is 9.47 Å². The molecule has 0 aliphatic carbocycles. The standard InChI is InChI=1S/C23H21FN2O4S/c1-3-30-19-9-4-14(10-20(19)29-2)17-11-21(27)26-22(18(17)12-25)31-13-23(26,28)15-5-7-16(24)8-6-15/h4-10,17,28H,3,11,13H2,1-2H3/t17-,23+/m1/s1. The number of hydrogen-bond donors (Lipinski definition) is 1. The molecular weight excluding hydrogens is 419 g/mol. The molecule has 31 heavy (non-hydrogen) atoms. The minimum Gasteiger partial charge on any atom is -0.493 e. The number of carbonyl (C=O) groups is 1. The minimum atomic E-state index is -1.63. The van der Waals surface area contributed by atoms with Crippen LogP contribution in [0.4, 0.5) is 4.39 Å². The van der Waals surface area contributed by atoms with E-state index in [0.29, 0.717) is 34.3 Å². The Kier molecular flexibility index (Phi) is 5.65. The maximum atomic E-state index is 13.4. The summed E-state index contributed by atoms with van der Waals surface area (Å²) in [6.45, 7) is 2.36. The van der Waals surface area contributed by atoms with Gasteiger partial charge in [-0.2, -0.15) is 5.26 Å². The van der Waals surface area contributed by atoms with Crippen LogP contribution >= 0.6 is 11.8 Å². The highest BCUT2D eigenvalue weighted by molar-refractivity contribution is 8.03. The first kappa shape index (κ1) is 21.2. The van der Waals surface area contributed by atoms with Crippen LogP contribution in [0.25, 0.3) is 0 Å². The number of amides is 1. The second-order valence-corrected chi connectivity index (χ2v) is 8.24. The van der Waals surface area contributed by atoms with E-state index in [4.69, 9.17) is 9.47 Å². The molecule has 1 saturated heterocycles. The number of hydrogen-bond acceptors (Lipinski definition) is 6. The van der Waals surface area contributed by atoms with Gasteiger partial charge in [-0.3, -0.25) is 9.69 Å². The van der Waals surface area contributed by atoms with E-state index in [1.54, 1.807) is 12.1 Å². The summed E-state index contributed by atoms with van der Waals surface area (Å²) in [7, 11) is 1.54. The number of nitrogens with zero attached hydrogens (tertiary/aromatic N) is 2. The maximum Gasteiger partial charge on any atom is 0.231 e. The van der Waals surface area contributed by atoms with Gasteiger partial charge >= 0.3 is 0 Å². The van der Waals surface area contributed by atoms with Crippen LogP contribution in [0.15, 0.2) is 53.1 Å². The van der Waals surface area contributed by atoms with Gasteiger partial charge in [0, 0.05) is 17.9 Å². The van der Waals surface area contributed by atoms with Gasteiger partial charge in [0.1, 0.15) is 5.82 Å². The smallest absolute Gasteiger partial charge is 0.231 e. The van der Waals surface area contributed by atoms with Crippen molar-refractivity contribution in [1.29, 1.82) is 5.26 Å². The largest absolute Gasteiger partial charge is 0.493 e. The zero-order valence-electron chi connectivity index (χ0n) is 17.1. The number of allylic oxidation sites excluding steroid dienone is 1. The summed E-state index contributed by atoms with van der Waals surface area (Å²) in [5.41, 5.74) is -0.0544. The van der Waals surface area contributed by atoms with Gasteiger partial charge in [-0.05, 0) is 36.8 Å². The molecule has 2 aliphatic rings. The number of rotatable bonds is 5. The van der Waals surface area contributed by atoms with E-state index in [0.717, 1.165) is 5.56 Å². The van der Waals surface area contributed by atoms with Crippen LogP contribution in [0.5, 0.6) is 11.5 Å². The topological polar surface area (TPSA) is 82.8 Å². The molecule has 0 spiro atoms. The minimum absolute atomic E-state index is 0.0214. The number of benzene rings is 2. The van der Waals surface area contributed by atoms with Crippen molar-refractivity contribution in [3.05, 3.63) is 70.0 Å². The zero-order valence-corrected chi connectivity index (χ0v) is 17.9. The maximum absolute atomic E-state index is 13.4. The molecule has 0 radical (unpaired) electrons. The Morgan fingerprint density at radius 3 is 2.68 bits per heavy atom. The third-order valence-corrected chi connectivity index (χ3v) is 6.73. The Labute approximate surface area is 183 Å². The zero-order chi connectivity index (χ0) is 22.2. The Morgan fingerprint density at radius 2 is 2.03 bits per heavy atom. The number of thioether (sulfide) groups is 1. The lowest BCUT2D eigenvalue weighted by molar-refractivity contribution is -0.149. The molecule has 2 heterocycles. The molecule has 2 aromatic rings. The average molecular weight is 440 g/mol. The molecule has 0 unspecified atom stereocenters. The highest BCUT2D eigenvalue weighted by atomic mass is 32.2.